The third-order valence-electron chi connectivity index (χ3n) is 7.68. The van der Waals surface area contributed by atoms with Crippen LogP contribution in [0.2, 0.25) is 0 Å². The molecule has 0 aliphatic heterocycles. The number of nitrogens with zero attached hydrogens (tertiary/aromatic N) is 4. The number of pyridine rings is 2. The van der Waals surface area contributed by atoms with Gasteiger partial charge >= 0.3 is 0 Å². The molecule has 0 saturated carbocycles. The van der Waals surface area contributed by atoms with Gasteiger partial charge in [0, 0.05) is 58.4 Å². The van der Waals surface area contributed by atoms with Crippen LogP contribution < -0.4 is 0 Å². The van der Waals surface area contributed by atoms with E-state index in [-0.39, 0.29) is 36.9 Å². The van der Waals surface area contributed by atoms with Crippen molar-refractivity contribution in [3.63, 3.8) is 0 Å². The zero-order valence-corrected chi connectivity index (χ0v) is 28.3. The number of imidazole rings is 1. The Morgan fingerprint density at radius 3 is 2.36 bits per heavy atom. The first-order valence-corrected chi connectivity index (χ1v) is 14.9. The van der Waals surface area contributed by atoms with Crippen molar-refractivity contribution in [1.29, 1.82) is 0 Å². The first-order valence-electron chi connectivity index (χ1n) is 16.4. The second-order valence-electron chi connectivity index (χ2n) is 11.9. The summed E-state index contributed by atoms with van der Waals surface area (Å²) in [6.45, 7) is 4.34. The molecule has 0 aliphatic rings. The van der Waals surface area contributed by atoms with E-state index >= 15 is 0 Å². The molecule has 0 N–H and O–H groups in total. The number of aryl methyl sites for hydroxylation is 1. The summed E-state index contributed by atoms with van der Waals surface area (Å²) in [5, 5.41) is 2.15. The molecule has 0 aliphatic carbocycles. The van der Waals surface area contributed by atoms with E-state index in [2.05, 4.69) is 78.9 Å². The summed E-state index contributed by atoms with van der Waals surface area (Å²) < 4.78 is 42.8. The molecule has 4 aromatic heterocycles. The van der Waals surface area contributed by atoms with Crippen LogP contribution in [0.3, 0.4) is 0 Å². The second kappa shape index (κ2) is 13.0. The maximum absolute atomic E-state index is 12.7. The van der Waals surface area contributed by atoms with E-state index in [1.165, 1.54) is 24.4 Å². The monoisotopic (exact) mass is 798 g/mol. The van der Waals surface area contributed by atoms with Crippen LogP contribution in [0.4, 0.5) is 4.39 Å². The Balaban J connectivity index is 0.000000204. The van der Waals surface area contributed by atoms with Crippen molar-refractivity contribution < 1.29 is 33.0 Å². The van der Waals surface area contributed by atoms with Crippen LogP contribution in [0.15, 0.2) is 120 Å². The summed E-state index contributed by atoms with van der Waals surface area (Å²) in [6.07, 6.45) is 1.31. The summed E-state index contributed by atoms with van der Waals surface area (Å²) in [6, 6.07) is 39.9. The summed E-state index contributed by atoms with van der Waals surface area (Å²) in [5.74, 6) is 0.405. The molecular formula is C40H31FIrN4O-2. The van der Waals surface area contributed by atoms with Crippen LogP contribution >= 0.6 is 0 Å². The molecular weight excluding hydrogens is 764 g/mol. The van der Waals surface area contributed by atoms with Crippen molar-refractivity contribution >= 4 is 33.1 Å². The van der Waals surface area contributed by atoms with Crippen molar-refractivity contribution in [3.05, 3.63) is 145 Å². The van der Waals surface area contributed by atoms with Gasteiger partial charge in [0.25, 0.3) is 0 Å². The Morgan fingerprint density at radius 2 is 1.64 bits per heavy atom. The van der Waals surface area contributed by atoms with Gasteiger partial charge in [-0.2, -0.15) is 0 Å². The predicted octanol–water partition coefficient (Wildman–Crippen LogP) is 10.1. The molecule has 0 fully saturated rings. The minimum atomic E-state index is -2.15. The molecule has 8 rings (SSSR count). The Bertz CT molecular complexity index is 2420. The van der Waals surface area contributed by atoms with Crippen LogP contribution in [0, 0.1) is 24.8 Å². The van der Waals surface area contributed by atoms with E-state index in [0.717, 1.165) is 55.9 Å². The molecule has 4 aromatic carbocycles. The molecule has 1 radical (unpaired) electrons. The van der Waals surface area contributed by atoms with Gasteiger partial charge in [-0.3, -0.25) is 9.37 Å². The Kier molecular flexibility index (Phi) is 7.84. The summed E-state index contributed by atoms with van der Waals surface area (Å²) >= 11 is 0. The number of hydrogen-bond donors (Lipinski definition) is 0. The van der Waals surface area contributed by atoms with E-state index in [1.807, 2.05) is 42.5 Å². The average molecular weight is 798 g/mol. The molecule has 0 bridgehead atoms. The van der Waals surface area contributed by atoms with Crippen LogP contribution in [-0.4, -0.2) is 19.5 Å². The topological polar surface area (TPSA) is 56.7 Å². The number of para-hydroxylation sites is 2. The van der Waals surface area contributed by atoms with Gasteiger partial charge in [-0.1, -0.05) is 80.3 Å². The van der Waals surface area contributed by atoms with Gasteiger partial charge in [0.15, 0.2) is 5.65 Å². The SMILES string of the molecule is CC(C)(C)c1ccc2c(n1)nc(-c1[c-]ccc3c1oc1ccccc13)n2-c1ccccc1.[2H]C([2H])([2H])c1ccc(-c2[c-]cc(F)cc2)nc1.[Ir]. The minimum absolute atomic E-state index is 0. The number of benzene rings is 4. The first kappa shape index (κ1) is 28.3. The quantitative estimate of drug-likeness (QED) is 0.167. The van der Waals surface area contributed by atoms with Crippen molar-refractivity contribution in [2.45, 2.75) is 33.0 Å². The molecule has 0 saturated heterocycles. The fraction of sp³-hybridized carbons (Fsp3) is 0.125. The van der Waals surface area contributed by atoms with Crippen molar-refractivity contribution in [2.24, 2.45) is 0 Å². The summed E-state index contributed by atoms with van der Waals surface area (Å²) in [7, 11) is 0. The van der Waals surface area contributed by atoms with Gasteiger partial charge in [0.2, 0.25) is 0 Å². The van der Waals surface area contributed by atoms with Crippen LogP contribution in [0.5, 0.6) is 0 Å². The van der Waals surface area contributed by atoms with Gasteiger partial charge in [0.05, 0.1) is 16.9 Å². The largest absolute Gasteiger partial charge is 0.501 e. The Hall–Kier alpha value is -4.97. The number of hydrogen-bond acceptors (Lipinski definition) is 4. The molecule has 47 heavy (non-hydrogen) atoms. The number of halogens is 1. The van der Waals surface area contributed by atoms with Gasteiger partial charge < -0.3 is 14.0 Å². The first-order chi connectivity index (χ1) is 23.5. The smallest absolute Gasteiger partial charge is 0.168 e. The maximum atomic E-state index is 12.7. The fourth-order valence-electron chi connectivity index (χ4n) is 5.36. The molecule has 235 valence electrons. The summed E-state index contributed by atoms with van der Waals surface area (Å²) in [5.41, 5.74) is 7.52. The van der Waals surface area contributed by atoms with Gasteiger partial charge in [0.1, 0.15) is 5.58 Å². The normalized spacial score (nSPS) is 12.6. The molecule has 0 atom stereocenters. The maximum Gasteiger partial charge on any atom is 0.168 e. The third-order valence-corrected chi connectivity index (χ3v) is 7.68. The van der Waals surface area contributed by atoms with Crippen molar-refractivity contribution in [3.8, 4) is 28.3 Å². The van der Waals surface area contributed by atoms with Gasteiger partial charge in [-0.05, 0) is 48.4 Å². The van der Waals surface area contributed by atoms with Crippen molar-refractivity contribution in [1.82, 2.24) is 19.5 Å². The number of furan rings is 1. The molecule has 0 spiro atoms. The summed E-state index contributed by atoms with van der Waals surface area (Å²) in [4.78, 5) is 14.0. The van der Waals surface area contributed by atoms with Crippen molar-refractivity contribution in [2.75, 3.05) is 0 Å². The Labute approximate surface area is 290 Å². The van der Waals surface area contributed by atoms with Crippen LogP contribution in [-0.2, 0) is 25.5 Å². The zero-order chi connectivity index (χ0) is 34.3. The van der Waals surface area contributed by atoms with Gasteiger partial charge in [-0.15, -0.1) is 48.0 Å². The van der Waals surface area contributed by atoms with E-state index in [9.17, 15) is 4.39 Å². The van der Waals surface area contributed by atoms with E-state index in [4.69, 9.17) is 18.5 Å². The number of fused-ring (bicyclic) bond motifs is 4. The average Bonchev–Trinajstić information content (AvgIpc) is 3.67. The molecule has 7 heteroatoms. The Morgan fingerprint density at radius 1 is 0.830 bits per heavy atom. The van der Waals surface area contributed by atoms with E-state index in [0.29, 0.717) is 11.3 Å². The molecule has 5 nitrogen and oxygen atoms in total. The van der Waals surface area contributed by atoms with E-state index in [1.54, 1.807) is 12.1 Å². The molecule has 0 unspecified atom stereocenters. The molecule has 0 amide bonds. The second-order valence-corrected chi connectivity index (χ2v) is 11.9. The predicted molar refractivity (Wildman–Crippen MR) is 182 cm³/mol. The van der Waals surface area contributed by atoms with Gasteiger partial charge in [-0.25, -0.2) is 4.98 Å². The van der Waals surface area contributed by atoms with Crippen LogP contribution in [0.1, 0.15) is 36.1 Å². The standard InChI is InChI=1S/C28H22N3O.C12H9FN.Ir/c1-28(2,3)24-17-16-22-26(29-24)30-27(31(22)18-10-5-4-6-11-18)21-14-9-13-20-19-12-7-8-15-23(19)32-25(20)21;1-9-2-7-12(14-8-9)10-3-5-11(13)6-4-10;/h4-13,15-17H,1-3H3;2-3,5-8H,1H3;/q2*-1;/i;1D3;. The third kappa shape index (κ3) is 6.37. The fourth-order valence-corrected chi connectivity index (χ4v) is 5.36. The zero-order valence-electron chi connectivity index (χ0n) is 28.9. The van der Waals surface area contributed by atoms with Crippen LogP contribution in [0.25, 0.3) is 61.4 Å². The number of rotatable bonds is 3. The number of aromatic nitrogens is 4. The molecule has 8 aromatic rings. The molecule has 4 heterocycles. The van der Waals surface area contributed by atoms with E-state index < -0.39 is 6.85 Å². The minimum Gasteiger partial charge on any atom is -0.501 e.